The van der Waals surface area contributed by atoms with E-state index in [2.05, 4.69) is 5.32 Å². The van der Waals surface area contributed by atoms with Gasteiger partial charge in [0.2, 0.25) is 0 Å². The minimum absolute atomic E-state index is 0.0249. The van der Waals surface area contributed by atoms with Gasteiger partial charge in [-0.05, 0) is 38.1 Å². The Hall–Kier alpha value is -2.66. The van der Waals surface area contributed by atoms with Crippen molar-refractivity contribution in [3.63, 3.8) is 0 Å². The van der Waals surface area contributed by atoms with Crippen LogP contribution in [0.3, 0.4) is 0 Å². The minimum atomic E-state index is -0.258. The molecule has 2 aromatic rings. The van der Waals surface area contributed by atoms with Crippen LogP contribution >= 0.6 is 0 Å². The van der Waals surface area contributed by atoms with Crippen LogP contribution in [-0.2, 0) is 11.3 Å². The molecule has 0 spiro atoms. The summed E-state index contributed by atoms with van der Waals surface area (Å²) < 4.78 is 5.37. The first-order valence-electron chi connectivity index (χ1n) is 8.28. The fraction of sp³-hybridized carbons (Fsp3) is 0.300. The molecule has 2 rings (SSSR count). The predicted molar refractivity (Wildman–Crippen MR) is 98.1 cm³/mol. The highest BCUT2D eigenvalue weighted by Gasteiger charge is 2.23. The number of ketones is 1. The number of ether oxygens (including phenoxy) is 1. The molecule has 0 fully saturated rings. The highest BCUT2D eigenvalue weighted by molar-refractivity contribution is 5.97. The van der Waals surface area contributed by atoms with E-state index in [1.165, 1.54) is 6.92 Å². The number of likely N-dealkylation sites (N-methyl/N-ethyl adjacent to an activating group) is 1. The molecule has 0 aliphatic rings. The summed E-state index contributed by atoms with van der Waals surface area (Å²) in [4.78, 5) is 25.0. The van der Waals surface area contributed by atoms with Crippen molar-refractivity contribution in [2.45, 2.75) is 26.4 Å². The van der Waals surface area contributed by atoms with Crippen LogP contribution in [-0.4, -0.2) is 31.9 Å². The molecular weight excluding hydrogens is 316 g/mol. The fourth-order valence-corrected chi connectivity index (χ4v) is 2.59. The van der Waals surface area contributed by atoms with Crippen LogP contribution in [0.5, 0.6) is 5.75 Å². The lowest BCUT2D eigenvalue weighted by Gasteiger charge is -2.22. The molecule has 0 heterocycles. The summed E-state index contributed by atoms with van der Waals surface area (Å²) in [7, 11) is 3.62. The van der Waals surface area contributed by atoms with Crippen molar-refractivity contribution < 1.29 is 19.2 Å². The van der Waals surface area contributed by atoms with E-state index in [1.54, 1.807) is 31.4 Å². The van der Waals surface area contributed by atoms with Crippen molar-refractivity contribution in [2.75, 3.05) is 19.5 Å². The number of quaternary nitrogens is 1. The van der Waals surface area contributed by atoms with E-state index < -0.39 is 0 Å². The standard InChI is InChI=1S/C20H24N2O3/c1-14(22(3)13-17-8-5-6-11-19(17)25-4)20(24)21-18-10-7-9-16(12-18)15(2)23/h5-12,14H,13H2,1-4H3,(H,21,24)/p+1/t14-/m1/s1. The maximum absolute atomic E-state index is 12.5. The molecule has 0 radical (unpaired) electrons. The third kappa shape index (κ3) is 4.90. The maximum atomic E-state index is 12.5. The number of para-hydroxylation sites is 1. The number of benzene rings is 2. The first-order valence-corrected chi connectivity index (χ1v) is 8.28. The van der Waals surface area contributed by atoms with Crippen LogP contribution in [0.4, 0.5) is 5.69 Å². The van der Waals surface area contributed by atoms with Crippen LogP contribution in [0, 0.1) is 0 Å². The van der Waals surface area contributed by atoms with Gasteiger partial charge < -0.3 is 15.0 Å². The van der Waals surface area contributed by atoms with Crippen LogP contribution in [0.1, 0.15) is 29.8 Å². The molecule has 0 saturated heterocycles. The highest BCUT2D eigenvalue weighted by atomic mass is 16.5. The van der Waals surface area contributed by atoms with Gasteiger partial charge in [-0.25, -0.2) is 0 Å². The van der Waals surface area contributed by atoms with Crippen LogP contribution in [0.15, 0.2) is 48.5 Å². The van der Waals surface area contributed by atoms with Crippen LogP contribution < -0.4 is 15.0 Å². The molecule has 2 N–H and O–H groups in total. The number of methoxy groups -OCH3 is 1. The number of hydrogen-bond acceptors (Lipinski definition) is 3. The Morgan fingerprint density at radius 2 is 1.88 bits per heavy atom. The molecule has 0 aliphatic carbocycles. The lowest BCUT2D eigenvalue weighted by molar-refractivity contribution is -0.907. The van der Waals surface area contributed by atoms with Gasteiger partial charge in [0.25, 0.3) is 5.91 Å². The van der Waals surface area contributed by atoms with Crippen molar-refractivity contribution >= 4 is 17.4 Å². The Kier molecular flexibility index (Phi) is 6.31. The summed E-state index contributed by atoms with van der Waals surface area (Å²) >= 11 is 0. The molecular formula is C20H25N2O3+. The number of anilines is 1. The molecule has 2 atom stereocenters. The normalized spacial score (nSPS) is 13.0. The van der Waals surface area contributed by atoms with E-state index in [0.29, 0.717) is 17.8 Å². The maximum Gasteiger partial charge on any atom is 0.282 e. The molecule has 2 aromatic carbocycles. The smallest absolute Gasteiger partial charge is 0.282 e. The fourth-order valence-electron chi connectivity index (χ4n) is 2.59. The van der Waals surface area contributed by atoms with Crippen molar-refractivity contribution in [2.24, 2.45) is 0 Å². The number of rotatable bonds is 7. The van der Waals surface area contributed by atoms with Gasteiger partial charge in [-0.15, -0.1) is 0 Å². The quantitative estimate of drug-likeness (QED) is 0.757. The van der Waals surface area contributed by atoms with Gasteiger partial charge in [-0.3, -0.25) is 9.59 Å². The first-order chi connectivity index (χ1) is 11.9. The predicted octanol–water partition coefficient (Wildman–Crippen LogP) is 1.94. The van der Waals surface area contributed by atoms with Crippen molar-refractivity contribution in [1.82, 2.24) is 0 Å². The van der Waals surface area contributed by atoms with Gasteiger partial charge in [0.1, 0.15) is 12.3 Å². The number of carbonyl (C=O) groups excluding carboxylic acids is 2. The molecule has 1 unspecified atom stereocenters. The van der Waals surface area contributed by atoms with Gasteiger partial charge in [0, 0.05) is 16.8 Å². The zero-order valence-electron chi connectivity index (χ0n) is 15.1. The molecule has 0 bridgehead atoms. The highest BCUT2D eigenvalue weighted by Crippen LogP contribution is 2.16. The summed E-state index contributed by atoms with van der Waals surface area (Å²) in [6.45, 7) is 4.07. The zero-order valence-corrected chi connectivity index (χ0v) is 15.1. The number of Topliss-reactive ketones (excluding diaryl/α,β-unsaturated/α-hetero) is 1. The molecule has 0 aromatic heterocycles. The zero-order chi connectivity index (χ0) is 18.4. The number of nitrogens with one attached hydrogen (secondary N) is 2. The molecule has 0 saturated carbocycles. The number of amides is 1. The van der Waals surface area contributed by atoms with Crippen LogP contribution in [0.25, 0.3) is 0 Å². The lowest BCUT2D eigenvalue weighted by Crippen LogP contribution is -3.12. The third-order valence-corrected chi connectivity index (χ3v) is 4.33. The largest absolute Gasteiger partial charge is 0.496 e. The molecule has 25 heavy (non-hydrogen) atoms. The molecule has 5 heteroatoms. The van der Waals surface area contributed by atoms with E-state index in [1.807, 2.05) is 38.2 Å². The summed E-state index contributed by atoms with van der Waals surface area (Å²) in [5, 5.41) is 2.89. The van der Waals surface area contributed by atoms with E-state index >= 15 is 0 Å². The Bertz CT molecular complexity index is 758. The number of carbonyl (C=O) groups is 2. The van der Waals surface area contributed by atoms with E-state index in [9.17, 15) is 9.59 Å². The molecule has 1 amide bonds. The lowest BCUT2D eigenvalue weighted by atomic mass is 10.1. The van der Waals surface area contributed by atoms with E-state index in [0.717, 1.165) is 16.2 Å². The Labute approximate surface area is 148 Å². The summed E-state index contributed by atoms with van der Waals surface area (Å²) in [6.07, 6.45) is 0. The molecule has 0 aliphatic heterocycles. The number of hydrogen-bond donors (Lipinski definition) is 2. The topological polar surface area (TPSA) is 59.8 Å². The molecule has 132 valence electrons. The average molecular weight is 341 g/mol. The summed E-state index contributed by atoms with van der Waals surface area (Å²) in [6, 6.07) is 14.5. The Morgan fingerprint density at radius 3 is 2.56 bits per heavy atom. The van der Waals surface area contributed by atoms with Gasteiger partial charge >= 0.3 is 0 Å². The minimum Gasteiger partial charge on any atom is -0.496 e. The SMILES string of the molecule is COc1ccccc1C[NH+](C)[C@H](C)C(=O)Nc1cccc(C(C)=O)c1. The summed E-state index contributed by atoms with van der Waals surface area (Å²) in [5.74, 6) is 0.708. The van der Waals surface area contributed by atoms with E-state index in [-0.39, 0.29) is 17.7 Å². The van der Waals surface area contributed by atoms with Crippen molar-refractivity contribution in [3.8, 4) is 5.75 Å². The van der Waals surface area contributed by atoms with Crippen LogP contribution in [0.2, 0.25) is 0 Å². The molecule has 5 nitrogen and oxygen atoms in total. The third-order valence-electron chi connectivity index (χ3n) is 4.33. The van der Waals surface area contributed by atoms with Gasteiger partial charge in [0.15, 0.2) is 11.8 Å². The second-order valence-electron chi connectivity index (χ2n) is 6.18. The van der Waals surface area contributed by atoms with E-state index in [4.69, 9.17) is 4.74 Å². The first kappa shape index (κ1) is 18.7. The van der Waals surface area contributed by atoms with Gasteiger partial charge in [-0.1, -0.05) is 24.3 Å². The summed E-state index contributed by atoms with van der Waals surface area (Å²) in [5.41, 5.74) is 2.27. The van der Waals surface area contributed by atoms with Gasteiger partial charge in [0.05, 0.1) is 14.2 Å². The second kappa shape index (κ2) is 8.44. The van der Waals surface area contributed by atoms with Crippen molar-refractivity contribution in [1.29, 1.82) is 0 Å². The van der Waals surface area contributed by atoms with Crippen molar-refractivity contribution in [3.05, 3.63) is 59.7 Å². The monoisotopic (exact) mass is 341 g/mol. The second-order valence-corrected chi connectivity index (χ2v) is 6.18. The average Bonchev–Trinajstić information content (AvgIpc) is 2.61. The Balaban J connectivity index is 2.03. The van der Waals surface area contributed by atoms with Gasteiger partial charge in [-0.2, -0.15) is 0 Å². The Morgan fingerprint density at radius 1 is 1.16 bits per heavy atom.